The third-order valence-corrected chi connectivity index (χ3v) is 3.17. The minimum Gasteiger partial charge on any atom is -0.452 e. The van der Waals surface area contributed by atoms with Gasteiger partial charge in [0.1, 0.15) is 5.56 Å². The molecule has 23 heavy (non-hydrogen) atoms. The molecule has 0 saturated heterocycles. The van der Waals surface area contributed by atoms with E-state index in [2.05, 4.69) is 6.58 Å². The molecule has 0 aromatic heterocycles. The van der Waals surface area contributed by atoms with Crippen LogP contribution in [-0.4, -0.2) is 41.4 Å². The zero-order valence-corrected chi connectivity index (χ0v) is 13.5. The van der Waals surface area contributed by atoms with E-state index < -0.39 is 17.5 Å². The number of carbonyl (C=O) groups excluding carboxylic acids is 2. The molecule has 0 N–H and O–H groups in total. The topological polar surface area (TPSA) is 89.8 Å². The van der Waals surface area contributed by atoms with Gasteiger partial charge in [-0.15, -0.1) is 0 Å². The molecule has 1 amide bonds. The minimum absolute atomic E-state index is 0.131. The van der Waals surface area contributed by atoms with Crippen LogP contribution in [-0.2, 0) is 9.53 Å². The molecule has 0 atom stereocenters. The molecule has 0 aliphatic rings. The highest BCUT2D eigenvalue weighted by molar-refractivity contribution is 5.96. The SMILES string of the molecule is C=C(C)CN(CC)C(=O)COC(=O)c1c(C)cccc1[N+](=O)[O-]. The Kier molecular flexibility index (Phi) is 6.44. The largest absolute Gasteiger partial charge is 0.452 e. The maximum absolute atomic E-state index is 12.1. The Morgan fingerprint density at radius 2 is 2.04 bits per heavy atom. The third kappa shape index (κ3) is 4.91. The van der Waals surface area contributed by atoms with Crippen molar-refractivity contribution in [1.82, 2.24) is 4.90 Å². The molecule has 124 valence electrons. The molecular weight excluding hydrogens is 300 g/mol. The number of nitrogens with zero attached hydrogens (tertiary/aromatic N) is 2. The zero-order chi connectivity index (χ0) is 17.6. The summed E-state index contributed by atoms with van der Waals surface area (Å²) in [6.07, 6.45) is 0. The quantitative estimate of drug-likeness (QED) is 0.333. The monoisotopic (exact) mass is 320 g/mol. The van der Waals surface area contributed by atoms with E-state index in [-0.39, 0.29) is 17.2 Å². The number of esters is 1. The summed E-state index contributed by atoms with van der Waals surface area (Å²) in [6.45, 7) is 9.26. The molecule has 1 aromatic rings. The van der Waals surface area contributed by atoms with Gasteiger partial charge in [0.05, 0.1) is 4.92 Å². The molecule has 0 saturated carbocycles. The lowest BCUT2D eigenvalue weighted by Gasteiger charge is -2.20. The van der Waals surface area contributed by atoms with Gasteiger partial charge in [-0.05, 0) is 26.3 Å². The van der Waals surface area contributed by atoms with Crippen molar-refractivity contribution in [1.29, 1.82) is 0 Å². The molecule has 7 heteroatoms. The number of nitro groups is 1. The summed E-state index contributed by atoms with van der Waals surface area (Å²) in [5.74, 6) is -1.25. The molecule has 1 aromatic carbocycles. The second-order valence-electron chi connectivity index (χ2n) is 5.17. The zero-order valence-electron chi connectivity index (χ0n) is 13.5. The van der Waals surface area contributed by atoms with Crippen LogP contribution < -0.4 is 0 Å². The predicted octanol–water partition coefficient (Wildman–Crippen LogP) is 2.48. The van der Waals surface area contributed by atoms with Crippen LogP contribution in [0.3, 0.4) is 0 Å². The first kappa shape index (κ1) is 18.3. The first-order valence-electron chi connectivity index (χ1n) is 7.11. The number of carbonyl (C=O) groups is 2. The molecule has 0 spiro atoms. The Bertz CT molecular complexity index is 639. The number of ether oxygens (including phenoxy) is 1. The van der Waals surface area contributed by atoms with Gasteiger partial charge in [-0.3, -0.25) is 14.9 Å². The number of likely N-dealkylation sites (N-methyl/N-ethyl adjacent to an activating group) is 1. The van der Waals surface area contributed by atoms with Gasteiger partial charge < -0.3 is 9.64 Å². The highest BCUT2D eigenvalue weighted by Gasteiger charge is 2.24. The van der Waals surface area contributed by atoms with Crippen molar-refractivity contribution in [3.05, 3.63) is 51.6 Å². The van der Waals surface area contributed by atoms with E-state index >= 15 is 0 Å². The number of hydrogen-bond donors (Lipinski definition) is 0. The highest BCUT2D eigenvalue weighted by atomic mass is 16.6. The summed E-state index contributed by atoms with van der Waals surface area (Å²) in [5, 5.41) is 11.0. The number of rotatable bonds is 7. The Morgan fingerprint density at radius 3 is 2.57 bits per heavy atom. The summed E-state index contributed by atoms with van der Waals surface area (Å²) in [6, 6.07) is 4.29. The number of nitro benzene ring substituents is 1. The van der Waals surface area contributed by atoms with E-state index in [1.54, 1.807) is 26.8 Å². The number of benzene rings is 1. The molecular formula is C16H20N2O5. The average molecular weight is 320 g/mol. The van der Waals surface area contributed by atoms with Gasteiger partial charge in [-0.25, -0.2) is 4.79 Å². The fourth-order valence-corrected chi connectivity index (χ4v) is 2.06. The van der Waals surface area contributed by atoms with Gasteiger partial charge in [-0.1, -0.05) is 24.3 Å². The second-order valence-corrected chi connectivity index (χ2v) is 5.17. The van der Waals surface area contributed by atoms with Crippen molar-refractivity contribution >= 4 is 17.6 Å². The molecule has 0 heterocycles. The van der Waals surface area contributed by atoms with Crippen molar-refractivity contribution in [3.63, 3.8) is 0 Å². The van der Waals surface area contributed by atoms with Crippen molar-refractivity contribution < 1.29 is 19.2 Å². The van der Waals surface area contributed by atoms with Crippen LogP contribution in [0.4, 0.5) is 5.69 Å². The van der Waals surface area contributed by atoms with Gasteiger partial charge in [0.25, 0.3) is 11.6 Å². The van der Waals surface area contributed by atoms with Crippen molar-refractivity contribution in [2.75, 3.05) is 19.7 Å². The van der Waals surface area contributed by atoms with E-state index in [1.807, 2.05) is 0 Å². The maximum atomic E-state index is 12.1. The molecule has 1 rings (SSSR count). The lowest BCUT2D eigenvalue weighted by Crippen LogP contribution is -2.35. The van der Waals surface area contributed by atoms with Gasteiger partial charge >= 0.3 is 5.97 Å². The van der Waals surface area contributed by atoms with Crippen LogP contribution in [0.2, 0.25) is 0 Å². The van der Waals surface area contributed by atoms with E-state index in [0.29, 0.717) is 18.7 Å². The van der Waals surface area contributed by atoms with Crippen LogP contribution >= 0.6 is 0 Å². The summed E-state index contributed by atoms with van der Waals surface area (Å²) < 4.78 is 4.96. The van der Waals surface area contributed by atoms with Gasteiger partial charge in [0.2, 0.25) is 0 Å². The normalized spacial score (nSPS) is 10.0. The minimum atomic E-state index is -0.880. The maximum Gasteiger partial charge on any atom is 0.345 e. The van der Waals surface area contributed by atoms with E-state index in [0.717, 1.165) is 5.57 Å². The highest BCUT2D eigenvalue weighted by Crippen LogP contribution is 2.22. The average Bonchev–Trinajstić information content (AvgIpc) is 2.49. The van der Waals surface area contributed by atoms with Crippen LogP contribution in [0.15, 0.2) is 30.4 Å². The first-order chi connectivity index (χ1) is 10.8. The Morgan fingerprint density at radius 1 is 1.39 bits per heavy atom. The van der Waals surface area contributed by atoms with E-state index in [4.69, 9.17) is 4.74 Å². The number of aryl methyl sites for hydroxylation is 1. The van der Waals surface area contributed by atoms with Gasteiger partial charge in [0.15, 0.2) is 6.61 Å². The van der Waals surface area contributed by atoms with Crippen molar-refractivity contribution in [3.8, 4) is 0 Å². The van der Waals surface area contributed by atoms with Crippen LogP contribution in [0.1, 0.15) is 29.8 Å². The van der Waals surface area contributed by atoms with E-state index in [1.165, 1.54) is 17.0 Å². The summed E-state index contributed by atoms with van der Waals surface area (Å²) in [7, 11) is 0. The third-order valence-electron chi connectivity index (χ3n) is 3.17. The van der Waals surface area contributed by atoms with Crippen molar-refractivity contribution in [2.45, 2.75) is 20.8 Å². The molecule has 7 nitrogen and oxygen atoms in total. The first-order valence-corrected chi connectivity index (χ1v) is 7.11. The molecule has 0 aliphatic carbocycles. The van der Waals surface area contributed by atoms with Gasteiger partial charge in [-0.2, -0.15) is 0 Å². The van der Waals surface area contributed by atoms with Crippen LogP contribution in [0, 0.1) is 17.0 Å². The van der Waals surface area contributed by atoms with Crippen LogP contribution in [0.5, 0.6) is 0 Å². The Balaban J connectivity index is 2.83. The summed E-state index contributed by atoms with van der Waals surface area (Å²) >= 11 is 0. The van der Waals surface area contributed by atoms with E-state index in [9.17, 15) is 19.7 Å². The number of hydrogen-bond acceptors (Lipinski definition) is 5. The fourth-order valence-electron chi connectivity index (χ4n) is 2.06. The smallest absolute Gasteiger partial charge is 0.345 e. The standard InChI is InChI=1S/C16H20N2O5/c1-5-17(9-11(2)3)14(19)10-23-16(20)15-12(4)7-6-8-13(15)18(21)22/h6-8H,2,5,9-10H2,1,3-4H3. The Hall–Kier alpha value is -2.70. The molecule has 0 radical (unpaired) electrons. The number of amides is 1. The molecule has 0 unspecified atom stereocenters. The predicted molar refractivity (Wildman–Crippen MR) is 85.2 cm³/mol. The second kappa shape index (κ2) is 8.07. The Labute approximate surface area is 134 Å². The summed E-state index contributed by atoms with van der Waals surface area (Å²) in [5.41, 5.74) is 0.761. The fraction of sp³-hybridized carbons (Fsp3) is 0.375. The lowest BCUT2D eigenvalue weighted by atomic mass is 10.1. The lowest BCUT2D eigenvalue weighted by molar-refractivity contribution is -0.385. The van der Waals surface area contributed by atoms with Crippen LogP contribution in [0.25, 0.3) is 0 Å². The molecule has 0 fully saturated rings. The molecule has 0 aliphatic heterocycles. The summed E-state index contributed by atoms with van der Waals surface area (Å²) in [4.78, 5) is 36.0. The van der Waals surface area contributed by atoms with Crippen molar-refractivity contribution in [2.24, 2.45) is 0 Å². The van der Waals surface area contributed by atoms with Gasteiger partial charge in [0, 0.05) is 19.2 Å². The molecule has 0 bridgehead atoms.